The molecule has 0 radical (unpaired) electrons. The fraction of sp³-hybridized carbons (Fsp3) is 0.158. The topological polar surface area (TPSA) is 36.7 Å². The summed E-state index contributed by atoms with van der Waals surface area (Å²) >= 11 is 0. The van der Waals surface area contributed by atoms with Crippen molar-refractivity contribution in [1.82, 2.24) is 4.98 Å². The van der Waals surface area contributed by atoms with Gasteiger partial charge in [-0.25, -0.2) is 9.37 Å². The van der Waals surface area contributed by atoms with E-state index in [0.29, 0.717) is 5.69 Å². The maximum absolute atomic E-state index is 13.3. The predicted molar refractivity (Wildman–Crippen MR) is 85.4 cm³/mol. The van der Waals surface area contributed by atoms with Crippen LogP contribution in [0.5, 0.6) is 0 Å². The van der Waals surface area contributed by atoms with Gasteiger partial charge < -0.3 is 0 Å². The Kier molecular flexibility index (Phi) is 4.17. The third-order valence-electron chi connectivity index (χ3n) is 4.10. The van der Waals surface area contributed by atoms with Gasteiger partial charge in [0.2, 0.25) is 0 Å². The summed E-state index contributed by atoms with van der Waals surface area (Å²) in [6, 6.07) is 11.7. The van der Waals surface area contributed by atoms with E-state index in [4.69, 9.17) is 5.26 Å². The number of nitriles is 1. The highest BCUT2D eigenvalue weighted by atomic mass is 19.4. The highest BCUT2D eigenvalue weighted by Gasteiger charge is 2.34. The van der Waals surface area contributed by atoms with Gasteiger partial charge in [-0.1, -0.05) is 18.2 Å². The molecule has 126 valence electrons. The van der Waals surface area contributed by atoms with Crippen LogP contribution in [0.25, 0.3) is 10.8 Å². The van der Waals surface area contributed by atoms with E-state index in [9.17, 15) is 17.6 Å². The minimum atomic E-state index is -4.61. The maximum Gasteiger partial charge on any atom is 0.419 e. The Labute approximate surface area is 141 Å². The van der Waals surface area contributed by atoms with Gasteiger partial charge >= 0.3 is 6.18 Å². The lowest BCUT2D eigenvalue weighted by Crippen LogP contribution is -2.10. The number of fused-ring (bicyclic) bond motifs is 1. The third-order valence-corrected chi connectivity index (χ3v) is 4.10. The van der Waals surface area contributed by atoms with Crippen molar-refractivity contribution in [2.24, 2.45) is 0 Å². The predicted octanol–water partition coefficient (Wildman–Crippen LogP) is 5.16. The van der Waals surface area contributed by atoms with Crippen molar-refractivity contribution in [3.05, 3.63) is 76.4 Å². The Morgan fingerprint density at radius 2 is 1.84 bits per heavy atom. The van der Waals surface area contributed by atoms with Crippen LogP contribution in [0.4, 0.5) is 17.6 Å². The zero-order chi connectivity index (χ0) is 18.2. The molecule has 6 heteroatoms. The molecule has 2 aromatic carbocycles. The van der Waals surface area contributed by atoms with Crippen LogP contribution in [0.1, 0.15) is 28.1 Å². The fourth-order valence-electron chi connectivity index (χ4n) is 2.80. The number of pyridine rings is 1. The monoisotopic (exact) mass is 344 g/mol. The lowest BCUT2D eigenvalue weighted by molar-refractivity contribution is -0.138. The second kappa shape index (κ2) is 6.17. The number of hydrogen-bond acceptors (Lipinski definition) is 2. The molecule has 3 rings (SSSR count). The van der Waals surface area contributed by atoms with E-state index < -0.39 is 17.4 Å². The highest BCUT2D eigenvalue weighted by Crippen LogP contribution is 2.31. The van der Waals surface area contributed by atoms with Gasteiger partial charge in [-0.2, -0.15) is 18.4 Å². The van der Waals surface area contributed by atoms with Crippen LogP contribution < -0.4 is 0 Å². The third kappa shape index (κ3) is 3.31. The number of rotatable bonds is 2. The number of aromatic nitrogens is 1. The quantitative estimate of drug-likeness (QED) is 0.602. The molecule has 1 heterocycles. The fourth-order valence-corrected chi connectivity index (χ4v) is 2.80. The first kappa shape index (κ1) is 16.9. The Morgan fingerprint density at radius 1 is 1.08 bits per heavy atom. The molecule has 0 unspecified atom stereocenters. The van der Waals surface area contributed by atoms with Gasteiger partial charge in [0.15, 0.2) is 5.69 Å². The van der Waals surface area contributed by atoms with E-state index in [1.54, 1.807) is 18.2 Å². The summed E-state index contributed by atoms with van der Waals surface area (Å²) in [7, 11) is 0. The van der Waals surface area contributed by atoms with Crippen molar-refractivity contribution in [3.8, 4) is 6.07 Å². The zero-order valence-corrected chi connectivity index (χ0v) is 13.2. The molecule has 0 aliphatic rings. The van der Waals surface area contributed by atoms with Crippen molar-refractivity contribution in [3.63, 3.8) is 0 Å². The van der Waals surface area contributed by atoms with Gasteiger partial charge in [-0.3, -0.25) is 0 Å². The number of aryl methyl sites for hydroxylation is 1. The average molecular weight is 344 g/mol. The second-order valence-corrected chi connectivity index (χ2v) is 5.70. The molecule has 0 spiro atoms. The molecule has 0 amide bonds. The van der Waals surface area contributed by atoms with Gasteiger partial charge in [0, 0.05) is 12.1 Å². The van der Waals surface area contributed by atoms with Crippen molar-refractivity contribution in [2.75, 3.05) is 0 Å². The Morgan fingerprint density at radius 3 is 2.52 bits per heavy atom. The van der Waals surface area contributed by atoms with Gasteiger partial charge in [0.25, 0.3) is 0 Å². The van der Waals surface area contributed by atoms with Crippen molar-refractivity contribution in [2.45, 2.75) is 19.5 Å². The molecule has 0 saturated heterocycles. The van der Waals surface area contributed by atoms with Gasteiger partial charge in [0.1, 0.15) is 11.9 Å². The first-order valence-electron chi connectivity index (χ1n) is 7.44. The highest BCUT2D eigenvalue weighted by molar-refractivity contribution is 5.86. The van der Waals surface area contributed by atoms with Crippen LogP contribution in [0.2, 0.25) is 0 Å². The molecule has 0 bridgehead atoms. The molecule has 1 aromatic heterocycles. The molecule has 0 aliphatic heterocycles. The molecule has 2 nitrogen and oxygen atoms in total. The summed E-state index contributed by atoms with van der Waals surface area (Å²) in [5, 5.41) is 10.6. The summed E-state index contributed by atoms with van der Waals surface area (Å²) in [5.41, 5.74) is 0.456. The van der Waals surface area contributed by atoms with E-state index in [1.165, 1.54) is 24.3 Å². The molecule has 0 fully saturated rings. The Bertz CT molecular complexity index is 1000. The number of benzene rings is 2. The largest absolute Gasteiger partial charge is 0.419 e. The maximum atomic E-state index is 13.3. The normalized spacial score (nSPS) is 11.5. The molecule has 3 aromatic rings. The van der Waals surface area contributed by atoms with E-state index in [1.807, 2.05) is 6.92 Å². The smallest absolute Gasteiger partial charge is 0.241 e. The summed E-state index contributed by atoms with van der Waals surface area (Å²) < 4.78 is 51.8. The van der Waals surface area contributed by atoms with Crippen LogP contribution in [-0.4, -0.2) is 4.98 Å². The molecule has 25 heavy (non-hydrogen) atoms. The SMILES string of the molecule is Cc1c(Cc2ccc(C(F)(F)F)c(C#N)n2)ccc2cc(F)ccc12. The molecule has 0 saturated carbocycles. The van der Waals surface area contributed by atoms with Crippen molar-refractivity contribution in [1.29, 1.82) is 5.26 Å². The van der Waals surface area contributed by atoms with Gasteiger partial charge in [-0.15, -0.1) is 0 Å². The van der Waals surface area contributed by atoms with Crippen LogP contribution in [0.3, 0.4) is 0 Å². The van der Waals surface area contributed by atoms with Crippen LogP contribution in [0, 0.1) is 24.1 Å². The van der Waals surface area contributed by atoms with E-state index in [-0.39, 0.29) is 12.2 Å². The van der Waals surface area contributed by atoms with E-state index in [2.05, 4.69) is 4.98 Å². The van der Waals surface area contributed by atoms with Gasteiger partial charge in [0.05, 0.1) is 5.56 Å². The lowest BCUT2D eigenvalue weighted by atomic mass is 9.96. The zero-order valence-electron chi connectivity index (χ0n) is 13.2. The van der Waals surface area contributed by atoms with Crippen LogP contribution in [0.15, 0.2) is 42.5 Å². The number of hydrogen-bond donors (Lipinski definition) is 0. The van der Waals surface area contributed by atoms with Crippen molar-refractivity contribution >= 4 is 10.8 Å². The number of nitrogens with zero attached hydrogens (tertiary/aromatic N) is 2. The molecular weight excluding hydrogens is 332 g/mol. The second-order valence-electron chi connectivity index (χ2n) is 5.70. The summed E-state index contributed by atoms with van der Waals surface area (Å²) in [4.78, 5) is 3.85. The Balaban J connectivity index is 2.01. The van der Waals surface area contributed by atoms with Crippen LogP contribution in [-0.2, 0) is 12.6 Å². The first-order chi connectivity index (χ1) is 11.8. The van der Waals surface area contributed by atoms with Crippen molar-refractivity contribution < 1.29 is 17.6 Å². The molecule has 0 N–H and O–H groups in total. The molecule has 0 aliphatic carbocycles. The summed E-state index contributed by atoms with van der Waals surface area (Å²) in [6.07, 6.45) is -4.33. The minimum Gasteiger partial charge on any atom is -0.241 e. The molecule has 0 atom stereocenters. The minimum absolute atomic E-state index is 0.284. The van der Waals surface area contributed by atoms with E-state index in [0.717, 1.165) is 28.0 Å². The number of halogens is 4. The first-order valence-corrected chi connectivity index (χ1v) is 7.44. The lowest BCUT2D eigenvalue weighted by Gasteiger charge is -2.12. The molecular formula is C19H12F4N2. The Hall–Kier alpha value is -2.94. The van der Waals surface area contributed by atoms with E-state index >= 15 is 0 Å². The summed E-state index contributed by atoms with van der Waals surface area (Å²) in [6.45, 7) is 1.87. The average Bonchev–Trinajstić information content (AvgIpc) is 2.56. The van der Waals surface area contributed by atoms with Gasteiger partial charge in [-0.05, 0) is 53.1 Å². The number of alkyl halides is 3. The summed E-state index contributed by atoms with van der Waals surface area (Å²) in [5.74, 6) is -0.331. The standard InChI is InChI=1S/C19H12F4N2/c1-11-12(2-3-13-8-14(20)4-6-16(11)13)9-15-5-7-17(19(21,22)23)18(10-24)25-15/h2-8H,9H2,1H3. The van der Waals surface area contributed by atoms with Crippen LogP contribution >= 0.6 is 0 Å².